The van der Waals surface area contributed by atoms with E-state index < -0.39 is 57.5 Å². The van der Waals surface area contributed by atoms with Gasteiger partial charge in [-0.05, 0) is 81.3 Å². The van der Waals surface area contributed by atoms with Gasteiger partial charge in [0.2, 0.25) is 11.8 Å². The Hall–Kier alpha value is -4.71. The summed E-state index contributed by atoms with van der Waals surface area (Å²) in [6.45, 7) is 5.87. The molecule has 4 aromatic carbocycles. The minimum absolute atomic E-state index is 0.0317. The molecule has 7 nitrogen and oxygen atoms in total. The maximum Gasteiger partial charge on any atom is 0.416 e. The molecule has 2 amide bonds. The standard InChI is InChI=1S/C36H37F4N3O4S/c1-25-13-19-31(20-14-25)48(46,47)43(30-12-8-11-28(22-30)36(38,39)40)24-33(44)42(23-27-15-17-29(37)18-16-27)32(34(45)41-35(2,3)4)21-26-9-6-5-7-10-26/h5-20,22,32H,21,23-24H2,1-4H3,(H,41,45). The Bertz CT molecular complexity index is 1820. The predicted octanol–water partition coefficient (Wildman–Crippen LogP) is 6.90. The van der Waals surface area contributed by atoms with Crippen LogP contribution >= 0.6 is 0 Å². The molecule has 0 spiro atoms. The summed E-state index contributed by atoms with van der Waals surface area (Å²) in [4.78, 5) is 29.3. The highest BCUT2D eigenvalue weighted by atomic mass is 32.2. The smallest absolute Gasteiger partial charge is 0.350 e. The minimum atomic E-state index is -4.79. The van der Waals surface area contributed by atoms with Crippen LogP contribution in [-0.2, 0) is 38.8 Å². The molecule has 0 fully saturated rings. The zero-order valence-corrected chi connectivity index (χ0v) is 27.8. The molecule has 1 unspecified atom stereocenters. The van der Waals surface area contributed by atoms with E-state index in [1.165, 1.54) is 59.5 Å². The molecule has 12 heteroatoms. The number of sulfonamides is 1. The number of halogens is 4. The van der Waals surface area contributed by atoms with E-state index in [1.54, 1.807) is 58.0 Å². The zero-order chi connectivity index (χ0) is 35.3. The molecule has 48 heavy (non-hydrogen) atoms. The SMILES string of the molecule is Cc1ccc(S(=O)(=O)N(CC(=O)N(Cc2ccc(F)cc2)C(Cc2ccccc2)C(=O)NC(C)(C)C)c2cccc(C(F)(F)F)c2)cc1. The average Bonchev–Trinajstić information content (AvgIpc) is 3.01. The third-order valence-corrected chi connectivity index (χ3v) is 9.17. The van der Waals surface area contributed by atoms with E-state index in [0.29, 0.717) is 21.5 Å². The predicted molar refractivity (Wildman–Crippen MR) is 176 cm³/mol. The molecule has 4 rings (SSSR count). The van der Waals surface area contributed by atoms with Gasteiger partial charge in [-0.1, -0.05) is 66.2 Å². The third-order valence-electron chi connectivity index (χ3n) is 7.38. The molecule has 0 saturated carbocycles. The van der Waals surface area contributed by atoms with Crippen LogP contribution in [0.3, 0.4) is 0 Å². The number of aryl methyl sites for hydroxylation is 1. The molecule has 0 heterocycles. The molecule has 0 bridgehead atoms. The lowest BCUT2D eigenvalue weighted by atomic mass is 10.0. The lowest BCUT2D eigenvalue weighted by molar-refractivity contribution is -0.140. The van der Waals surface area contributed by atoms with Crippen molar-refractivity contribution < 1.29 is 35.6 Å². The summed E-state index contributed by atoms with van der Waals surface area (Å²) in [5, 5.41) is 2.89. The van der Waals surface area contributed by atoms with E-state index in [9.17, 15) is 35.6 Å². The number of alkyl halides is 3. The summed E-state index contributed by atoms with van der Waals surface area (Å²) in [6, 6.07) is 22.3. The van der Waals surface area contributed by atoms with Crippen LogP contribution in [0.5, 0.6) is 0 Å². The average molecular weight is 684 g/mol. The van der Waals surface area contributed by atoms with Crippen LogP contribution < -0.4 is 9.62 Å². The van der Waals surface area contributed by atoms with E-state index in [0.717, 1.165) is 17.7 Å². The van der Waals surface area contributed by atoms with E-state index in [1.807, 2.05) is 0 Å². The Morgan fingerprint density at radius 2 is 1.44 bits per heavy atom. The fourth-order valence-electron chi connectivity index (χ4n) is 5.00. The molecule has 1 atom stereocenters. The summed E-state index contributed by atoms with van der Waals surface area (Å²) in [6.07, 6.45) is -4.76. The van der Waals surface area contributed by atoms with E-state index >= 15 is 0 Å². The van der Waals surface area contributed by atoms with Crippen LogP contribution in [0.1, 0.15) is 43.0 Å². The van der Waals surface area contributed by atoms with Crippen LogP contribution in [0, 0.1) is 12.7 Å². The lowest BCUT2D eigenvalue weighted by Crippen LogP contribution is -2.56. The third kappa shape index (κ3) is 9.43. The van der Waals surface area contributed by atoms with Gasteiger partial charge < -0.3 is 10.2 Å². The normalized spacial score (nSPS) is 12.7. The summed E-state index contributed by atoms with van der Waals surface area (Å²) in [5.41, 5.74) is -0.320. The van der Waals surface area contributed by atoms with E-state index in [4.69, 9.17) is 0 Å². The first-order valence-corrected chi connectivity index (χ1v) is 16.5. The summed E-state index contributed by atoms with van der Waals surface area (Å²) < 4.78 is 84.0. The van der Waals surface area contributed by atoms with Gasteiger partial charge in [-0.3, -0.25) is 13.9 Å². The monoisotopic (exact) mass is 683 g/mol. The number of amides is 2. The topological polar surface area (TPSA) is 86.8 Å². The Kier molecular flexibility index (Phi) is 11.0. The molecular weight excluding hydrogens is 646 g/mol. The van der Waals surface area contributed by atoms with Gasteiger partial charge in [0.25, 0.3) is 10.0 Å². The Labute approximate surface area is 278 Å². The molecule has 1 N–H and O–H groups in total. The van der Waals surface area contributed by atoms with Gasteiger partial charge >= 0.3 is 6.18 Å². The largest absolute Gasteiger partial charge is 0.416 e. The fraction of sp³-hybridized carbons (Fsp3) is 0.278. The van der Waals surface area contributed by atoms with Gasteiger partial charge in [0, 0.05) is 18.5 Å². The molecule has 0 aliphatic heterocycles. The first-order valence-electron chi connectivity index (χ1n) is 15.1. The van der Waals surface area contributed by atoms with Crippen LogP contribution in [0.4, 0.5) is 23.2 Å². The first kappa shape index (κ1) is 36.1. The van der Waals surface area contributed by atoms with Crippen LogP contribution in [0.15, 0.2) is 108 Å². The van der Waals surface area contributed by atoms with Crippen molar-refractivity contribution in [1.82, 2.24) is 10.2 Å². The number of benzene rings is 4. The van der Waals surface area contributed by atoms with Crippen molar-refractivity contribution in [2.45, 2.75) is 63.3 Å². The molecule has 0 saturated heterocycles. The first-order chi connectivity index (χ1) is 22.4. The zero-order valence-electron chi connectivity index (χ0n) is 27.0. The number of nitrogens with one attached hydrogen (secondary N) is 1. The molecule has 4 aromatic rings. The summed E-state index contributed by atoms with van der Waals surface area (Å²) >= 11 is 0. The van der Waals surface area contributed by atoms with Gasteiger partial charge in [0.15, 0.2) is 0 Å². The van der Waals surface area contributed by atoms with Gasteiger partial charge in [-0.25, -0.2) is 12.8 Å². The molecule has 0 aliphatic rings. The quantitative estimate of drug-likeness (QED) is 0.174. The number of anilines is 1. The molecular formula is C36H37F4N3O4S. The lowest BCUT2D eigenvalue weighted by Gasteiger charge is -2.35. The number of rotatable bonds is 11. The second kappa shape index (κ2) is 14.6. The highest BCUT2D eigenvalue weighted by Crippen LogP contribution is 2.33. The summed E-state index contributed by atoms with van der Waals surface area (Å²) in [5.74, 6) is -1.92. The van der Waals surface area contributed by atoms with Crippen molar-refractivity contribution >= 4 is 27.5 Å². The molecule has 0 aromatic heterocycles. The number of hydrogen-bond donors (Lipinski definition) is 1. The number of hydrogen-bond acceptors (Lipinski definition) is 4. The second-order valence-corrected chi connectivity index (χ2v) is 14.3. The minimum Gasteiger partial charge on any atom is -0.350 e. The van der Waals surface area contributed by atoms with Crippen LogP contribution in [0.25, 0.3) is 0 Å². The Morgan fingerprint density at radius 1 is 0.812 bits per heavy atom. The van der Waals surface area contributed by atoms with Gasteiger partial charge in [0.05, 0.1) is 16.1 Å². The maximum atomic E-state index is 14.5. The fourth-order valence-corrected chi connectivity index (χ4v) is 6.40. The second-order valence-electron chi connectivity index (χ2n) is 12.5. The number of carbonyl (C=O) groups excluding carboxylic acids is 2. The summed E-state index contributed by atoms with van der Waals surface area (Å²) in [7, 11) is -4.61. The number of nitrogens with zero attached hydrogens (tertiary/aromatic N) is 2. The Morgan fingerprint density at radius 3 is 2.02 bits per heavy atom. The maximum absolute atomic E-state index is 14.5. The highest BCUT2D eigenvalue weighted by Gasteiger charge is 2.37. The Balaban J connectivity index is 1.85. The van der Waals surface area contributed by atoms with Crippen molar-refractivity contribution in [1.29, 1.82) is 0 Å². The number of carbonyl (C=O) groups is 2. The van der Waals surface area contributed by atoms with Gasteiger partial charge in [-0.15, -0.1) is 0 Å². The van der Waals surface area contributed by atoms with Gasteiger partial charge in [0.1, 0.15) is 18.4 Å². The van der Waals surface area contributed by atoms with Crippen molar-refractivity contribution in [3.63, 3.8) is 0 Å². The van der Waals surface area contributed by atoms with E-state index in [-0.39, 0.29) is 23.5 Å². The molecule has 254 valence electrons. The van der Waals surface area contributed by atoms with Gasteiger partial charge in [-0.2, -0.15) is 13.2 Å². The van der Waals surface area contributed by atoms with Crippen LogP contribution in [-0.4, -0.2) is 43.3 Å². The van der Waals surface area contributed by atoms with Crippen molar-refractivity contribution in [3.05, 3.63) is 131 Å². The van der Waals surface area contributed by atoms with E-state index in [2.05, 4.69) is 5.32 Å². The highest BCUT2D eigenvalue weighted by molar-refractivity contribution is 7.92. The van der Waals surface area contributed by atoms with Crippen molar-refractivity contribution in [2.24, 2.45) is 0 Å². The van der Waals surface area contributed by atoms with Crippen molar-refractivity contribution in [2.75, 3.05) is 10.8 Å². The van der Waals surface area contributed by atoms with Crippen LogP contribution in [0.2, 0.25) is 0 Å². The van der Waals surface area contributed by atoms with Crippen molar-refractivity contribution in [3.8, 4) is 0 Å². The molecule has 0 radical (unpaired) electrons. The molecule has 0 aliphatic carbocycles.